The first kappa shape index (κ1) is 29.2. The molecule has 0 fully saturated rings. The molecule has 7 rings (SSSR count). The van der Waals surface area contributed by atoms with Gasteiger partial charge in [0.05, 0.1) is 0 Å². The molecule has 0 spiro atoms. The van der Waals surface area contributed by atoms with Crippen LogP contribution in [0.15, 0.2) is 180 Å². The Bertz CT molecular complexity index is 1760. The molecule has 3 heteroatoms. The molecule has 0 saturated heterocycles. The average molecular weight is 617 g/mol. The first-order valence-corrected chi connectivity index (χ1v) is 18.0. The highest BCUT2D eigenvalue weighted by Gasteiger charge is 2.31. The number of allylic oxidation sites excluding steroid dienone is 4. The Labute approximate surface area is 269 Å². The van der Waals surface area contributed by atoms with Crippen molar-refractivity contribution in [2.75, 3.05) is 0 Å². The van der Waals surface area contributed by atoms with Gasteiger partial charge in [0.1, 0.15) is 11.5 Å². The van der Waals surface area contributed by atoms with Gasteiger partial charge in [-0.1, -0.05) is 158 Å². The Morgan fingerprint density at radius 1 is 0.356 bits per heavy atom. The SMILES string of the molecule is C/C(=C1\C(=C(/C)P(c2ccccc2)c2ccccc2)c2ccccc2Oc2ccccc21)P(c1ccccc1)c1ccccc1. The Morgan fingerprint density at radius 3 is 0.933 bits per heavy atom. The largest absolute Gasteiger partial charge is 0.456 e. The Morgan fingerprint density at radius 2 is 0.622 bits per heavy atom. The van der Waals surface area contributed by atoms with Gasteiger partial charge in [0.2, 0.25) is 0 Å². The van der Waals surface area contributed by atoms with Crippen molar-refractivity contribution >= 4 is 48.2 Å². The summed E-state index contributed by atoms with van der Waals surface area (Å²) in [6.45, 7) is 4.71. The molecule has 45 heavy (non-hydrogen) atoms. The van der Waals surface area contributed by atoms with E-state index in [0.717, 1.165) is 22.6 Å². The maximum absolute atomic E-state index is 6.79. The molecule has 0 aliphatic carbocycles. The molecule has 0 amide bonds. The van der Waals surface area contributed by atoms with Crippen molar-refractivity contribution < 1.29 is 4.74 Å². The summed E-state index contributed by atoms with van der Waals surface area (Å²) in [5.41, 5.74) is 4.81. The highest BCUT2D eigenvalue weighted by Crippen LogP contribution is 2.58. The molecule has 218 valence electrons. The normalized spacial score (nSPS) is 14.7. The van der Waals surface area contributed by atoms with Gasteiger partial charge in [-0.05, 0) is 84.8 Å². The summed E-state index contributed by atoms with van der Waals surface area (Å²) in [7, 11) is -1.69. The molecule has 6 aromatic rings. The Kier molecular flexibility index (Phi) is 8.57. The van der Waals surface area contributed by atoms with Crippen LogP contribution in [0, 0.1) is 0 Å². The summed E-state index contributed by atoms with van der Waals surface area (Å²) in [5.74, 6) is 1.78. The highest BCUT2D eigenvalue weighted by atomic mass is 31.1. The zero-order valence-corrected chi connectivity index (χ0v) is 27.3. The lowest BCUT2D eigenvalue weighted by Gasteiger charge is -2.28. The number of hydrogen-bond acceptors (Lipinski definition) is 1. The standard InChI is InChI=1S/C42H34OP2/c1-31(44(33-19-7-3-8-20-33)34-21-9-4-10-22-34)41-37-27-15-17-29-39(37)43-40-30-18-16-28-38(40)42(41)32(2)45(35-23-11-5-12-24-35)36-25-13-6-14-26-36/h3-30H,1-2H3/b41-31+,42-32+. The molecule has 0 N–H and O–H groups in total. The second kappa shape index (κ2) is 13.2. The van der Waals surface area contributed by atoms with E-state index in [9.17, 15) is 0 Å². The van der Waals surface area contributed by atoms with Crippen molar-refractivity contribution in [2.24, 2.45) is 0 Å². The fraction of sp³-hybridized carbons (Fsp3) is 0.0476. The van der Waals surface area contributed by atoms with Crippen LogP contribution in [0.25, 0.3) is 11.1 Å². The minimum Gasteiger partial charge on any atom is -0.456 e. The predicted octanol–water partition coefficient (Wildman–Crippen LogP) is 10.2. The van der Waals surface area contributed by atoms with Crippen LogP contribution < -0.4 is 26.0 Å². The Hall–Kier alpha value is -4.54. The van der Waals surface area contributed by atoms with Crippen LogP contribution >= 0.6 is 15.8 Å². The summed E-state index contributed by atoms with van der Waals surface area (Å²) in [4.78, 5) is 0. The molecule has 0 aromatic heterocycles. The van der Waals surface area contributed by atoms with Gasteiger partial charge < -0.3 is 4.74 Å². The Balaban J connectivity index is 1.61. The lowest BCUT2D eigenvalue weighted by Crippen LogP contribution is -2.15. The van der Waals surface area contributed by atoms with E-state index in [0.29, 0.717) is 0 Å². The van der Waals surface area contributed by atoms with Gasteiger partial charge in [0.15, 0.2) is 0 Å². The first-order valence-electron chi connectivity index (χ1n) is 15.3. The summed E-state index contributed by atoms with van der Waals surface area (Å²) in [6.07, 6.45) is 0. The molecule has 1 aliphatic rings. The van der Waals surface area contributed by atoms with Gasteiger partial charge in [-0.15, -0.1) is 0 Å². The summed E-state index contributed by atoms with van der Waals surface area (Å²) < 4.78 is 6.79. The van der Waals surface area contributed by atoms with E-state index in [2.05, 4.69) is 184 Å². The number of benzene rings is 6. The number of rotatable bonds is 6. The maximum atomic E-state index is 6.79. The van der Waals surface area contributed by atoms with Crippen molar-refractivity contribution in [1.82, 2.24) is 0 Å². The van der Waals surface area contributed by atoms with Gasteiger partial charge in [-0.3, -0.25) is 0 Å². The molecule has 0 saturated carbocycles. The van der Waals surface area contributed by atoms with Gasteiger partial charge in [0, 0.05) is 11.1 Å². The fourth-order valence-electron chi connectivity index (χ4n) is 6.27. The van der Waals surface area contributed by atoms with Gasteiger partial charge in [-0.25, -0.2) is 0 Å². The van der Waals surface area contributed by atoms with Crippen LogP contribution in [0.2, 0.25) is 0 Å². The van der Waals surface area contributed by atoms with Crippen LogP contribution in [0.3, 0.4) is 0 Å². The highest BCUT2D eigenvalue weighted by molar-refractivity contribution is 7.77. The van der Waals surface area contributed by atoms with Crippen molar-refractivity contribution in [1.29, 1.82) is 0 Å². The lowest BCUT2D eigenvalue weighted by molar-refractivity contribution is 0.481. The molecule has 6 aromatic carbocycles. The predicted molar refractivity (Wildman–Crippen MR) is 196 cm³/mol. The topological polar surface area (TPSA) is 9.23 Å². The fourth-order valence-corrected chi connectivity index (χ4v) is 11.2. The third-order valence-corrected chi connectivity index (χ3v) is 13.3. The number of para-hydroxylation sites is 2. The molecule has 1 aliphatic heterocycles. The third-order valence-electron chi connectivity index (χ3n) is 8.23. The molecular weight excluding hydrogens is 582 g/mol. The molecule has 1 nitrogen and oxygen atoms in total. The van der Waals surface area contributed by atoms with Crippen LogP contribution in [-0.4, -0.2) is 0 Å². The van der Waals surface area contributed by atoms with E-state index in [4.69, 9.17) is 4.74 Å². The molecule has 0 unspecified atom stereocenters. The molecule has 0 atom stereocenters. The monoisotopic (exact) mass is 616 g/mol. The summed E-state index contributed by atoms with van der Waals surface area (Å²) >= 11 is 0. The molecule has 1 heterocycles. The lowest BCUT2D eigenvalue weighted by atomic mass is 9.92. The summed E-state index contributed by atoms with van der Waals surface area (Å²) in [5, 5.41) is 8.08. The quantitative estimate of drug-likeness (QED) is 0.169. The van der Waals surface area contributed by atoms with E-state index in [1.807, 2.05) is 0 Å². The van der Waals surface area contributed by atoms with E-state index in [1.54, 1.807) is 0 Å². The first-order chi connectivity index (χ1) is 22.2. The van der Waals surface area contributed by atoms with Gasteiger partial charge in [-0.2, -0.15) is 0 Å². The van der Waals surface area contributed by atoms with E-state index in [-0.39, 0.29) is 0 Å². The summed E-state index contributed by atoms with van der Waals surface area (Å²) in [6, 6.07) is 61.2. The molecule has 0 radical (unpaired) electrons. The minimum absolute atomic E-state index is 0.843. The van der Waals surface area contributed by atoms with Crippen molar-refractivity contribution in [3.63, 3.8) is 0 Å². The van der Waals surface area contributed by atoms with Crippen molar-refractivity contribution in [2.45, 2.75) is 13.8 Å². The number of hydrogen-bond donors (Lipinski definition) is 0. The van der Waals surface area contributed by atoms with E-state index >= 15 is 0 Å². The second-order valence-electron chi connectivity index (χ2n) is 11.0. The van der Waals surface area contributed by atoms with Crippen LogP contribution in [0.1, 0.15) is 25.0 Å². The maximum Gasteiger partial charge on any atom is 0.135 e. The minimum atomic E-state index is -0.843. The number of fused-ring (bicyclic) bond motifs is 2. The average Bonchev–Trinajstić information content (AvgIpc) is 3.25. The van der Waals surface area contributed by atoms with E-state index < -0.39 is 15.8 Å². The number of ether oxygens (including phenoxy) is 1. The molecular formula is C42H34OP2. The van der Waals surface area contributed by atoms with Crippen molar-refractivity contribution in [3.05, 3.63) is 192 Å². The van der Waals surface area contributed by atoms with Crippen LogP contribution in [-0.2, 0) is 0 Å². The zero-order chi connectivity index (χ0) is 30.6. The van der Waals surface area contributed by atoms with Crippen LogP contribution in [0.4, 0.5) is 0 Å². The zero-order valence-electron chi connectivity index (χ0n) is 25.5. The van der Waals surface area contributed by atoms with Gasteiger partial charge in [0.25, 0.3) is 0 Å². The second-order valence-corrected chi connectivity index (χ2v) is 15.8. The molecule has 0 bridgehead atoms. The smallest absolute Gasteiger partial charge is 0.135 e. The van der Waals surface area contributed by atoms with Crippen LogP contribution in [0.5, 0.6) is 11.5 Å². The van der Waals surface area contributed by atoms with Crippen molar-refractivity contribution in [3.8, 4) is 11.5 Å². The third kappa shape index (κ3) is 5.83. The van der Waals surface area contributed by atoms with Gasteiger partial charge >= 0.3 is 0 Å². The van der Waals surface area contributed by atoms with E-state index in [1.165, 1.54) is 43.0 Å².